The summed E-state index contributed by atoms with van der Waals surface area (Å²) in [5.74, 6) is -0.0487. The number of nitrogens with zero attached hydrogens (tertiary/aromatic N) is 4. The van der Waals surface area contributed by atoms with Crippen LogP contribution in [-0.2, 0) is 17.9 Å². The van der Waals surface area contributed by atoms with Crippen LogP contribution in [0.5, 0.6) is 0 Å². The van der Waals surface area contributed by atoms with E-state index in [1.165, 1.54) is 17.8 Å². The quantitative estimate of drug-likeness (QED) is 0.691. The molecule has 1 aliphatic rings. The summed E-state index contributed by atoms with van der Waals surface area (Å²) in [7, 11) is 0. The lowest BCUT2D eigenvalue weighted by Crippen LogP contribution is -2.40. The molecule has 0 saturated heterocycles. The predicted octanol–water partition coefficient (Wildman–Crippen LogP) is 1.86. The first-order valence-electron chi connectivity index (χ1n) is 8.74. The third kappa shape index (κ3) is 3.07. The van der Waals surface area contributed by atoms with Gasteiger partial charge in [-0.1, -0.05) is 26.2 Å². The molecule has 130 valence electrons. The SMILES string of the molecule is CCCCCCn1c(=O)c2c(ncn2CC(C)=O)n(C2CC2)c1=O. The van der Waals surface area contributed by atoms with Gasteiger partial charge >= 0.3 is 5.69 Å². The Labute approximate surface area is 139 Å². The molecule has 7 nitrogen and oxygen atoms in total. The second-order valence-electron chi connectivity index (χ2n) is 6.65. The van der Waals surface area contributed by atoms with Crippen molar-refractivity contribution < 1.29 is 4.79 Å². The molecule has 0 aromatic carbocycles. The third-order valence-electron chi connectivity index (χ3n) is 4.47. The highest BCUT2D eigenvalue weighted by atomic mass is 16.2. The highest BCUT2D eigenvalue weighted by Crippen LogP contribution is 2.34. The summed E-state index contributed by atoms with van der Waals surface area (Å²) in [6.45, 7) is 4.13. The number of imidazole rings is 1. The Balaban J connectivity index is 2.10. The molecule has 1 aliphatic carbocycles. The second-order valence-corrected chi connectivity index (χ2v) is 6.65. The molecule has 0 bridgehead atoms. The third-order valence-corrected chi connectivity index (χ3v) is 4.47. The standard InChI is InChI=1S/C17H24N4O3/c1-3-4-5-6-9-20-16(23)14-15(18-11-19(14)10-12(2)22)21(17(20)24)13-7-8-13/h11,13H,3-10H2,1-2H3. The van der Waals surface area contributed by atoms with E-state index in [1.807, 2.05) is 0 Å². The number of unbranched alkanes of at least 4 members (excludes halogenated alkanes) is 3. The van der Waals surface area contributed by atoms with Crippen LogP contribution in [-0.4, -0.2) is 24.5 Å². The van der Waals surface area contributed by atoms with Crippen molar-refractivity contribution in [3.05, 3.63) is 27.2 Å². The summed E-state index contributed by atoms with van der Waals surface area (Å²) < 4.78 is 4.54. The Hall–Kier alpha value is -2.18. The van der Waals surface area contributed by atoms with Crippen LogP contribution in [0.15, 0.2) is 15.9 Å². The van der Waals surface area contributed by atoms with Crippen LogP contribution in [0.3, 0.4) is 0 Å². The normalized spacial score (nSPS) is 14.4. The molecule has 2 aromatic rings. The largest absolute Gasteiger partial charge is 0.332 e. The highest BCUT2D eigenvalue weighted by Gasteiger charge is 2.30. The van der Waals surface area contributed by atoms with Crippen molar-refractivity contribution in [2.24, 2.45) is 0 Å². The van der Waals surface area contributed by atoms with Crippen molar-refractivity contribution >= 4 is 16.9 Å². The molecule has 1 saturated carbocycles. The van der Waals surface area contributed by atoms with Crippen LogP contribution in [0.25, 0.3) is 11.2 Å². The number of aromatic nitrogens is 4. The molecule has 0 amide bonds. The van der Waals surface area contributed by atoms with Gasteiger partial charge in [0.25, 0.3) is 5.56 Å². The topological polar surface area (TPSA) is 78.9 Å². The molecule has 0 aliphatic heterocycles. The molecule has 0 atom stereocenters. The molecule has 0 unspecified atom stereocenters. The van der Waals surface area contributed by atoms with E-state index in [4.69, 9.17) is 0 Å². The summed E-state index contributed by atoms with van der Waals surface area (Å²) in [4.78, 5) is 41.4. The number of hydrogen-bond donors (Lipinski definition) is 0. The van der Waals surface area contributed by atoms with Gasteiger partial charge in [0.05, 0.1) is 12.9 Å². The van der Waals surface area contributed by atoms with E-state index in [2.05, 4.69) is 11.9 Å². The highest BCUT2D eigenvalue weighted by molar-refractivity contribution is 5.78. The number of ketones is 1. The van der Waals surface area contributed by atoms with Gasteiger partial charge in [0, 0.05) is 12.6 Å². The van der Waals surface area contributed by atoms with E-state index < -0.39 is 0 Å². The fourth-order valence-electron chi connectivity index (χ4n) is 3.12. The summed E-state index contributed by atoms with van der Waals surface area (Å²) >= 11 is 0. The van der Waals surface area contributed by atoms with Crippen LogP contribution in [0, 0.1) is 0 Å². The molecule has 0 spiro atoms. The molecule has 2 heterocycles. The van der Waals surface area contributed by atoms with Crippen LogP contribution >= 0.6 is 0 Å². The maximum absolute atomic E-state index is 12.8. The number of Topliss-reactive ketones (excluding diaryl/α,β-unsaturated/α-hetero) is 1. The summed E-state index contributed by atoms with van der Waals surface area (Å²) in [6.07, 6.45) is 7.36. The summed E-state index contributed by atoms with van der Waals surface area (Å²) in [5.41, 5.74) is 0.187. The minimum Gasteiger partial charge on any atom is -0.317 e. The van der Waals surface area contributed by atoms with E-state index in [1.54, 1.807) is 9.13 Å². The van der Waals surface area contributed by atoms with Crippen molar-refractivity contribution in [3.8, 4) is 0 Å². The van der Waals surface area contributed by atoms with Gasteiger partial charge in [-0.3, -0.25) is 18.7 Å². The minimum absolute atomic E-state index is 0.0487. The van der Waals surface area contributed by atoms with Gasteiger partial charge in [0.2, 0.25) is 0 Å². The molecule has 1 fully saturated rings. The molecule has 7 heteroatoms. The fraction of sp³-hybridized carbons (Fsp3) is 0.647. The van der Waals surface area contributed by atoms with Gasteiger partial charge < -0.3 is 4.57 Å². The lowest BCUT2D eigenvalue weighted by molar-refractivity contribution is -0.117. The smallest absolute Gasteiger partial charge is 0.317 e. The molecule has 0 radical (unpaired) electrons. The van der Waals surface area contributed by atoms with Crippen molar-refractivity contribution in [2.45, 2.75) is 71.5 Å². The number of carbonyl (C=O) groups excluding carboxylic acids is 1. The van der Waals surface area contributed by atoms with Gasteiger partial charge in [0.15, 0.2) is 11.2 Å². The van der Waals surface area contributed by atoms with Gasteiger partial charge in [-0.25, -0.2) is 9.78 Å². The van der Waals surface area contributed by atoms with Gasteiger partial charge in [-0.15, -0.1) is 0 Å². The Morgan fingerprint density at radius 2 is 2.00 bits per heavy atom. The first-order valence-corrected chi connectivity index (χ1v) is 8.74. The zero-order valence-electron chi connectivity index (χ0n) is 14.3. The number of carbonyl (C=O) groups is 1. The summed E-state index contributed by atoms with van der Waals surface area (Å²) in [5, 5.41) is 0. The summed E-state index contributed by atoms with van der Waals surface area (Å²) in [6, 6.07) is 0.128. The Morgan fingerprint density at radius 1 is 1.25 bits per heavy atom. The van der Waals surface area contributed by atoms with Gasteiger partial charge in [-0.2, -0.15) is 0 Å². The van der Waals surface area contributed by atoms with Crippen LogP contribution in [0.4, 0.5) is 0 Å². The van der Waals surface area contributed by atoms with E-state index in [0.29, 0.717) is 17.7 Å². The fourth-order valence-corrected chi connectivity index (χ4v) is 3.12. The second kappa shape index (κ2) is 6.75. The van der Waals surface area contributed by atoms with E-state index >= 15 is 0 Å². The minimum atomic E-state index is -0.331. The first kappa shape index (κ1) is 16.7. The van der Waals surface area contributed by atoms with E-state index in [9.17, 15) is 14.4 Å². The Morgan fingerprint density at radius 3 is 2.62 bits per heavy atom. The molecule has 24 heavy (non-hydrogen) atoms. The van der Waals surface area contributed by atoms with Crippen LogP contribution in [0.1, 0.15) is 58.4 Å². The maximum Gasteiger partial charge on any atom is 0.332 e. The molecular formula is C17H24N4O3. The van der Waals surface area contributed by atoms with Crippen LogP contribution < -0.4 is 11.2 Å². The zero-order valence-corrected chi connectivity index (χ0v) is 14.3. The average molecular weight is 332 g/mol. The lowest BCUT2D eigenvalue weighted by Gasteiger charge is -2.11. The molecule has 2 aromatic heterocycles. The van der Waals surface area contributed by atoms with E-state index in [-0.39, 0.29) is 29.6 Å². The Kier molecular flexibility index (Phi) is 4.69. The average Bonchev–Trinajstić information content (AvgIpc) is 3.27. The monoisotopic (exact) mass is 332 g/mol. The van der Waals surface area contributed by atoms with Crippen molar-refractivity contribution in [3.63, 3.8) is 0 Å². The van der Waals surface area contributed by atoms with E-state index in [0.717, 1.165) is 38.5 Å². The number of hydrogen-bond acceptors (Lipinski definition) is 4. The van der Waals surface area contributed by atoms with Crippen LogP contribution in [0.2, 0.25) is 0 Å². The maximum atomic E-state index is 12.8. The van der Waals surface area contributed by atoms with Gasteiger partial charge in [0.1, 0.15) is 5.78 Å². The Bertz CT molecular complexity index is 870. The zero-order chi connectivity index (χ0) is 17.3. The van der Waals surface area contributed by atoms with Gasteiger partial charge in [-0.05, 0) is 26.2 Å². The van der Waals surface area contributed by atoms with Crippen molar-refractivity contribution in [1.29, 1.82) is 0 Å². The molecular weight excluding hydrogens is 308 g/mol. The first-order chi connectivity index (χ1) is 11.5. The van der Waals surface area contributed by atoms with Crippen molar-refractivity contribution in [1.82, 2.24) is 18.7 Å². The number of rotatable bonds is 8. The predicted molar refractivity (Wildman–Crippen MR) is 91.3 cm³/mol. The molecule has 3 rings (SSSR count). The molecule has 0 N–H and O–H groups in total. The number of fused-ring (bicyclic) bond motifs is 1. The van der Waals surface area contributed by atoms with Crippen molar-refractivity contribution in [2.75, 3.05) is 0 Å². The lowest BCUT2D eigenvalue weighted by atomic mass is 10.2.